The van der Waals surface area contributed by atoms with Crippen molar-refractivity contribution < 1.29 is 14.6 Å². The zero-order chi connectivity index (χ0) is 6.85. The van der Waals surface area contributed by atoms with Crippen molar-refractivity contribution in [2.45, 2.75) is 19.1 Å². The molecule has 1 aliphatic heterocycles. The second-order valence-corrected chi connectivity index (χ2v) is 2.00. The van der Waals surface area contributed by atoms with Crippen molar-refractivity contribution in [1.29, 1.82) is 0 Å². The van der Waals surface area contributed by atoms with Gasteiger partial charge in [0.15, 0.2) is 0 Å². The molecule has 1 fully saturated rings. The highest BCUT2D eigenvalue weighted by Crippen LogP contribution is 2.21. The van der Waals surface area contributed by atoms with Crippen LogP contribution in [0.4, 0.5) is 0 Å². The number of rotatable bonds is 2. The summed E-state index contributed by atoms with van der Waals surface area (Å²) in [5.74, 6) is -0.919. The van der Waals surface area contributed by atoms with E-state index in [0.29, 0.717) is 0 Å². The molecule has 0 aromatic heterocycles. The number of carbonyl (C=O) groups is 1. The Balaban J connectivity index is 2.25. The Morgan fingerprint density at radius 1 is 1.78 bits per heavy atom. The molecule has 1 N–H and O–H groups in total. The van der Waals surface area contributed by atoms with Gasteiger partial charge in [0.25, 0.3) is 0 Å². The van der Waals surface area contributed by atoms with Crippen LogP contribution in [0.25, 0.3) is 0 Å². The number of epoxide rings is 1. The first-order chi connectivity index (χ1) is 4.20. The summed E-state index contributed by atoms with van der Waals surface area (Å²) in [5, 5.41) is 8.13. The predicted octanol–water partition coefficient (Wildman–Crippen LogP) is 0.414. The number of hydrogen-bond donors (Lipinski definition) is 1. The fourth-order valence-corrected chi connectivity index (χ4v) is 0.581. The molecule has 3 nitrogen and oxygen atoms in total. The molecule has 1 heterocycles. The lowest BCUT2D eigenvalue weighted by molar-refractivity contribution is -0.131. The summed E-state index contributed by atoms with van der Waals surface area (Å²) in [7, 11) is 0. The molecule has 0 bridgehead atoms. The molecule has 0 unspecified atom stereocenters. The minimum atomic E-state index is -0.919. The van der Waals surface area contributed by atoms with E-state index in [1.54, 1.807) is 6.08 Å². The Kier molecular flexibility index (Phi) is 1.53. The molecule has 1 rings (SSSR count). The number of carboxylic acids is 1. The van der Waals surface area contributed by atoms with Crippen LogP contribution >= 0.6 is 0 Å². The van der Waals surface area contributed by atoms with Crippen molar-refractivity contribution in [2.75, 3.05) is 0 Å². The highest BCUT2D eigenvalue weighted by atomic mass is 16.6. The first-order valence-electron chi connectivity index (χ1n) is 2.77. The van der Waals surface area contributed by atoms with Gasteiger partial charge in [-0.25, -0.2) is 4.79 Å². The minimum Gasteiger partial charge on any atom is -0.478 e. The molecule has 3 heteroatoms. The van der Waals surface area contributed by atoms with Gasteiger partial charge in [-0.2, -0.15) is 0 Å². The van der Waals surface area contributed by atoms with Crippen molar-refractivity contribution in [3.8, 4) is 0 Å². The van der Waals surface area contributed by atoms with Crippen molar-refractivity contribution in [1.82, 2.24) is 0 Å². The maximum Gasteiger partial charge on any atom is 0.328 e. The molecular formula is C6H8O3. The van der Waals surface area contributed by atoms with E-state index in [9.17, 15) is 4.79 Å². The summed E-state index contributed by atoms with van der Waals surface area (Å²) in [5.41, 5.74) is 0. The summed E-state index contributed by atoms with van der Waals surface area (Å²) >= 11 is 0. The molecule has 9 heavy (non-hydrogen) atoms. The van der Waals surface area contributed by atoms with E-state index in [0.717, 1.165) is 6.08 Å². The van der Waals surface area contributed by atoms with Crippen LogP contribution in [-0.4, -0.2) is 23.3 Å². The van der Waals surface area contributed by atoms with Gasteiger partial charge in [0.2, 0.25) is 0 Å². The highest BCUT2D eigenvalue weighted by molar-refractivity contribution is 5.79. The number of aliphatic carboxylic acids is 1. The quantitative estimate of drug-likeness (QED) is 0.433. The van der Waals surface area contributed by atoms with Crippen LogP contribution in [0, 0.1) is 0 Å². The minimum absolute atomic E-state index is 0.0427. The molecule has 2 atom stereocenters. The Hall–Kier alpha value is -0.830. The van der Waals surface area contributed by atoms with Crippen LogP contribution < -0.4 is 0 Å². The van der Waals surface area contributed by atoms with E-state index in [1.165, 1.54) is 0 Å². The second kappa shape index (κ2) is 2.19. The molecule has 0 aromatic carbocycles. The monoisotopic (exact) mass is 128 g/mol. The summed E-state index contributed by atoms with van der Waals surface area (Å²) in [6.07, 6.45) is 2.91. The lowest BCUT2D eigenvalue weighted by Gasteiger charge is -1.75. The maximum absolute atomic E-state index is 9.90. The molecule has 0 saturated carbocycles. The zero-order valence-corrected chi connectivity index (χ0v) is 5.07. The van der Waals surface area contributed by atoms with Gasteiger partial charge >= 0.3 is 5.97 Å². The van der Waals surface area contributed by atoms with Crippen LogP contribution in [0.15, 0.2) is 12.2 Å². The fraction of sp³-hybridized carbons (Fsp3) is 0.500. The highest BCUT2D eigenvalue weighted by Gasteiger charge is 2.31. The zero-order valence-electron chi connectivity index (χ0n) is 5.07. The van der Waals surface area contributed by atoms with Gasteiger partial charge in [-0.1, -0.05) is 0 Å². The van der Waals surface area contributed by atoms with Crippen LogP contribution in [0.2, 0.25) is 0 Å². The normalized spacial score (nSPS) is 33.0. The fourth-order valence-electron chi connectivity index (χ4n) is 0.581. The largest absolute Gasteiger partial charge is 0.478 e. The van der Waals surface area contributed by atoms with Crippen molar-refractivity contribution in [3.63, 3.8) is 0 Å². The molecule has 0 aromatic rings. The third kappa shape index (κ3) is 1.85. The van der Waals surface area contributed by atoms with Gasteiger partial charge in [-0.3, -0.25) is 0 Å². The Morgan fingerprint density at radius 3 is 2.67 bits per heavy atom. The van der Waals surface area contributed by atoms with E-state index in [-0.39, 0.29) is 12.2 Å². The standard InChI is InChI=1S/C6H8O3/c1-4-5(9-4)2-3-6(7)8/h2-5H,1H3,(H,7,8)/b3-2-/t4-,5-/m0/s1. The molecular weight excluding hydrogens is 120 g/mol. The smallest absolute Gasteiger partial charge is 0.328 e. The van der Waals surface area contributed by atoms with Crippen molar-refractivity contribution >= 4 is 5.97 Å². The Bertz CT molecular complexity index is 150. The molecule has 0 amide bonds. The SMILES string of the molecule is C[C@@H]1O[C@H]1/C=C\C(=O)O. The van der Waals surface area contributed by atoms with Crippen LogP contribution in [0.3, 0.4) is 0 Å². The Labute approximate surface area is 52.9 Å². The van der Waals surface area contributed by atoms with Gasteiger partial charge in [-0.15, -0.1) is 0 Å². The van der Waals surface area contributed by atoms with Gasteiger partial charge in [0, 0.05) is 6.08 Å². The number of hydrogen-bond acceptors (Lipinski definition) is 2. The van der Waals surface area contributed by atoms with Crippen molar-refractivity contribution in [3.05, 3.63) is 12.2 Å². The van der Waals surface area contributed by atoms with E-state index in [4.69, 9.17) is 9.84 Å². The van der Waals surface area contributed by atoms with Crippen LogP contribution in [0.1, 0.15) is 6.92 Å². The third-order valence-corrected chi connectivity index (χ3v) is 1.19. The van der Waals surface area contributed by atoms with Crippen LogP contribution in [-0.2, 0) is 9.53 Å². The van der Waals surface area contributed by atoms with E-state index in [2.05, 4.69) is 0 Å². The molecule has 50 valence electrons. The van der Waals surface area contributed by atoms with Gasteiger partial charge < -0.3 is 9.84 Å². The number of ether oxygens (including phenoxy) is 1. The maximum atomic E-state index is 9.90. The van der Waals surface area contributed by atoms with Gasteiger partial charge in [0.1, 0.15) is 6.10 Å². The summed E-state index contributed by atoms with van der Waals surface area (Å²) in [6.45, 7) is 1.90. The third-order valence-electron chi connectivity index (χ3n) is 1.19. The van der Waals surface area contributed by atoms with E-state index in [1.807, 2.05) is 6.92 Å². The van der Waals surface area contributed by atoms with Gasteiger partial charge in [-0.05, 0) is 13.0 Å². The summed E-state index contributed by atoms with van der Waals surface area (Å²) in [4.78, 5) is 9.90. The first kappa shape index (κ1) is 6.29. The van der Waals surface area contributed by atoms with E-state index < -0.39 is 5.97 Å². The lowest BCUT2D eigenvalue weighted by atomic mass is 10.3. The molecule has 0 spiro atoms. The average molecular weight is 128 g/mol. The van der Waals surface area contributed by atoms with Crippen molar-refractivity contribution in [2.24, 2.45) is 0 Å². The predicted molar refractivity (Wildman–Crippen MR) is 31.1 cm³/mol. The molecule has 1 aliphatic rings. The molecule has 1 saturated heterocycles. The van der Waals surface area contributed by atoms with E-state index >= 15 is 0 Å². The number of carboxylic acid groups (broad SMARTS) is 1. The Morgan fingerprint density at radius 2 is 2.33 bits per heavy atom. The second-order valence-electron chi connectivity index (χ2n) is 2.00. The first-order valence-corrected chi connectivity index (χ1v) is 2.77. The summed E-state index contributed by atoms with van der Waals surface area (Å²) < 4.78 is 4.92. The topological polar surface area (TPSA) is 49.8 Å². The average Bonchev–Trinajstić information content (AvgIpc) is 2.42. The molecule has 0 radical (unpaired) electrons. The molecule has 0 aliphatic carbocycles. The van der Waals surface area contributed by atoms with Crippen LogP contribution in [0.5, 0.6) is 0 Å². The van der Waals surface area contributed by atoms with Gasteiger partial charge in [0.05, 0.1) is 6.10 Å². The summed E-state index contributed by atoms with van der Waals surface area (Å²) in [6, 6.07) is 0. The lowest BCUT2D eigenvalue weighted by Crippen LogP contribution is -1.89.